The monoisotopic (exact) mass is 644 g/mol. The van der Waals surface area contributed by atoms with E-state index in [2.05, 4.69) is 4.98 Å². The van der Waals surface area contributed by atoms with E-state index in [0.29, 0.717) is 17.8 Å². The summed E-state index contributed by atoms with van der Waals surface area (Å²) in [6, 6.07) is 8.79. The number of hydrogen-bond acceptors (Lipinski definition) is 7. The number of aliphatic hydroxyl groups excluding tert-OH is 1. The van der Waals surface area contributed by atoms with Gasteiger partial charge < -0.3 is 19.7 Å². The third kappa shape index (κ3) is 7.56. The van der Waals surface area contributed by atoms with Crippen molar-refractivity contribution in [2.45, 2.75) is 43.0 Å². The number of aliphatic hydroxyl groups is 1. The third-order valence-electron chi connectivity index (χ3n) is 6.21. The molecule has 0 amide bonds. The maximum atomic E-state index is 14.3. The number of rotatable bonds is 10. The number of alkyl halides is 3. The molecule has 0 saturated heterocycles. The molecule has 1 aliphatic rings. The lowest BCUT2D eigenvalue weighted by Gasteiger charge is -2.36. The lowest BCUT2D eigenvalue weighted by Crippen LogP contribution is -2.44. The van der Waals surface area contributed by atoms with Gasteiger partial charge in [-0.3, -0.25) is 9.10 Å². The van der Waals surface area contributed by atoms with E-state index in [9.17, 15) is 35.9 Å². The van der Waals surface area contributed by atoms with Crippen LogP contribution in [-0.2, 0) is 21.0 Å². The number of pyridine rings is 1. The second-order valence-electron chi connectivity index (χ2n) is 9.59. The largest absolute Gasteiger partial charge is 0.486 e. The molecule has 9 nitrogen and oxygen atoms in total. The smallest absolute Gasteiger partial charge is 0.417 e. The standard InChI is InChI=1S/C28H25ClF4N2O7S/c1-16(36)15-41-27-25(12-18(13-34-27)28(31,32)33)43(39,40)35-14-19(7-10-26(37)38)42-24-9-6-17(11-23(24)35)5-8-20-21(29)3-2-4-22(20)30/h2-6,8-9,11-13,16,19,36H,7,10,14-15H2,1H3,(H,37,38)/b8-5+. The minimum Gasteiger partial charge on any atom is -0.486 e. The fourth-order valence-corrected chi connectivity index (χ4v) is 5.98. The first-order chi connectivity index (χ1) is 20.2. The SMILES string of the molecule is CC(O)COc1ncc(C(F)(F)F)cc1S(=O)(=O)N1CC(CCC(=O)O)Oc2ccc(/C=C/c3c(F)cccc3Cl)cc21. The molecule has 230 valence electrons. The Kier molecular flexibility index (Phi) is 9.52. The highest BCUT2D eigenvalue weighted by Gasteiger charge is 2.39. The van der Waals surface area contributed by atoms with E-state index in [-0.39, 0.29) is 34.9 Å². The number of halogens is 5. The van der Waals surface area contributed by atoms with Gasteiger partial charge in [0.1, 0.15) is 24.3 Å². The number of carboxylic acid groups (broad SMARTS) is 1. The van der Waals surface area contributed by atoms with E-state index in [0.717, 1.165) is 4.31 Å². The summed E-state index contributed by atoms with van der Waals surface area (Å²) in [5, 5.41) is 18.9. The number of fused-ring (bicyclic) bond motifs is 1. The van der Waals surface area contributed by atoms with Crippen LogP contribution >= 0.6 is 11.6 Å². The Balaban J connectivity index is 1.83. The summed E-state index contributed by atoms with van der Waals surface area (Å²) in [5.74, 6) is -2.42. The normalized spacial score (nSPS) is 16.1. The predicted molar refractivity (Wildman–Crippen MR) is 149 cm³/mol. The van der Waals surface area contributed by atoms with Gasteiger partial charge in [-0.15, -0.1) is 0 Å². The number of sulfonamides is 1. The Morgan fingerprint density at radius 2 is 2.00 bits per heavy atom. The number of nitrogens with zero attached hydrogens (tertiary/aromatic N) is 2. The van der Waals surface area contributed by atoms with E-state index in [4.69, 9.17) is 26.2 Å². The van der Waals surface area contributed by atoms with Crippen LogP contribution < -0.4 is 13.8 Å². The van der Waals surface area contributed by atoms with Crippen LogP contribution in [0.1, 0.15) is 36.5 Å². The molecule has 0 spiro atoms. The highest BCUT2D eigenvalue weighted by atomic mass is 35.5. The Hall–Kier alpha value is -3.88. The highest BCUT2D eigenvalue weighted by molar-refractivity contribution is 7.93. The van der Waals surface area contributed by atoms with Gasteiger partial charge in [0, 0.05) is 18.2 Å². The maximum Gasteiger partial charge on any atom is 0.417 e. The Morgan fingerprint density at radius 3 is 2.65 bits per heavy atom. The second-order valence-corrected chi connectivity index (χ2v) is 11.8. The van der Waals surface area contributed by atoms with Crippen LogP contribution in [-0.4, -0.2) is 54.9 Å². The Labute approximate surface area is 249 Å². The first kappa shape index (κ1) is 32.0. The van der Waals surface area contributed by atoms with Crippen molar-refractivity contribution in [1.29, 1.82) is 0 Å². The number of ether oxygens (including phenoxy) is 2. The molecule has 2 atom stereocenters. The van der Waals surface area contributed by atoms with E-state index < -0.39 is 69.7 Å². The zero-order chi connectivity index (χ0) is 31.5. The summed E-state index contributed by atoms with van der Waals surface area (Å²) in [6.45, 7) is 0.406. The average Bonchev–Trinajstić information content (AvgIpc) is 2.93. The number of aromatic nitrogens is 1. The van der Waals surface area contributed by atoms with Gasteiger partial charge in [0.2, 0.25) is 5.88 Å². The van der Waals surface area contributed by atoms with Gasteiger partial charge in [0.05, 0.1) is 28.9 Å². The van der Waals surface area contributed by atoms with Gasteiger partial charge in [0.15, 0.2) is 4.90 Å². The van der Waals surface area contributed by atoms with Crippen LogP contribution in [0.25, 0.3) is 12.2 Å². The number of aliphatic carboxylic acids is 1. The Bertz CT molecular complexity index is 1630. The molecule has 0 saturated carbocycles. The van der Waals surface area contributed by atoms with E-state index >= 15 is 0 Å². The number of benzene rings is 2. The van der Waals surface area contributed by atoms with Crippen molar-refractivity contribution in [3.63, 3.8) is 0 Å². The molecule has 1 aromatic heterocycles. The zero-order valence-corrected chi connectivity index (χ0v) is 24.0. The molecule has 2 unspecified atom stereocenters. The second kappa shape index (κ2) is 12.8. The topological polar surface area (TPSA) is 126 Å². The highest BCUT2D eigenvalue weighted by Crippen LogP contribution is 2.41. The number of anilines is 1. The van der Waals surface area contributed by atoms with Crippen molar-refractivity contribution in [1.82, 2.24) is 4.98 Å². The van der Waals surface area contributed by atoms with Gasteiger partial charge >= 0.3 is 12.1 Å². The molecule has 1 aliphatic heterocycles. The quantitative estimate of drug-likeness (QED) is 0.214. The molecule has 15 heteroatoms. The van der Waals surface area contributed by atoms with Crippen LogP contribution in [0.2, 0.25) is 5.02 Å². The predicted octanol–water partition coefficient (Wildman–Crippen LogP) is 5.64. The van der Waals surface area contributed by atoms with Crippen molar-refractivity contribution in [3.8, 4) is 11.6 Å². The van der Waals surface area contributed by atoms with Crippen LogP contribution in [0.5, 0.6) is 11.6 Å². The lowest BCUT2D eigenvalue weighted by atomic mass is 10.1. The van der Waals surface area contributed by atoms with Gasteiger partial charge in [-0.05, 0) is 55.3 Å². The minimum absolute atomic E-state index is 0.0117. The lowest BCUT2D eigenvalue weighted by molar-refractivity contribution is -0.138. The number of carbonyl (C=O) groups is 1. The summed E-state index contributed by atoms with van der Waals surface area (Å²) in [7, 11) is -4.87. The molecule has 0 radical (unpaired) electrons. The van der Waals surface area contributed by atoms with Gasteiger partial charge in [-0.25, -0.2) is 17.8 Å². The summed E-state index contributed by atoms with van der Waals surface area (Å²) in [4.78, 5) is 13.8. The molecule has 43 heavy (non-hydrogen) atoms. The van der Waals surface area contributed by atoms with Crippen molar-refractivity contribution < 1.29 is 50.5 Å². The van der Waals surface area contributed by atoms with E-state index in [1.807, 2.05) is 0 Å². The molecule has 2 heterocycles. The fraction of sp³-hybridized carbons (Fsp3) is 0.286. The first-order valence-electron chi connectivity index (χ1n) is 12.7. The Morgan fingerprint density at radius 1 is 1.26 bits per heavy atom. The zero-order valence-electron chi connectivity index (χ0n) is 22.4. The molecule has 2 N–H and O–H groups in total. The van der Waals surface area contributed by atoms with Gasteiger partial charge in [0.25, 0.3) is 10.0 Å². The molecule has 0 bridgehead atoms. The average molecular weight is 645 g/mol. The molecule has 3 aromatic rings. The summed E-state index contributed by atoms with van der Waals surface area (Å²) >= 11 is 6.08. The molecule has 4 rings (SSSR count). The fourth-order valence-electron chi connectivity index (χ4n) is 4.14. The third-order valence-corrected chi connectivity index (χ3v) is 8.32. The van der Waals surface area contributed by atoms with Crippen molar-refractivity contribution >= 4 is 45.4 Å². The van der Waals surface area contributed by atoms with Crippen molar-refractivity contribution in [2.75, 3.05) is 17.5 Å². The van der Waals surface area contributed by atoms with Crippen molar-refractivity contribution in [3.05, 3.63) is 76.2 Å². The van der Waals surface area contributed by atoms with Crippen LogP contribution in [0.4, 0.5) is 23.2 Å². The van der Waals surface area contributed by atoms with E-state index in [1.165, 1.54) is 55.5 Å². The summed E-state index contributed by atoms with van der Waals surface area (Å²) in [5.41, 5.74) is -0.998. The van der Waals surface area contributed by atoms with Crippen LogP contribution in [0, 0.1) is 5.82 Å². The van der Waals surface area contributed by atoms with Gasteiger partial charge in [-0.1, -0.05) is 29.8 Å². The molecule has 0 aliphatic carbocycles. The number of hydrogen-bond donors (Lipinski definition) is 2. The maximum absolute atomic E-state index is 14.3. The molecule has 2 aromatic carbocycles. The summed E-state index contributed by atoms with van der Waals surface area (Å²) in [6.07, 6.45) is -4.26. The van der Waals surface area contributed by atoms with Crippen LogP contribution in [0.15, 0.2) is 53.6 Å². The molecular formula is C28H25ClF4N2O7S. The molecular weight excluding hydrogens is 620 g/mol. The van der Waals surface area contributed by atoms with Gasteiger partial charge in [-0.2, -0.15) is 13.2 Å². The van der Waals surface area contributed by atoms with Crippen LogP contribution in [0.3, 0.4) is 0 Å². The van der Waals surface area contributed by atoms with E-state index in [1.54, 1.807) is 0 Å². The molecule has 0 fully saturated rings. The number of carboxylic acids is 1. The summed E-state index contributed by atoms with van der Waals surface area (Å²) < 4.78 is 95.2. The minimum atomic E-state index is -4.95. The first-order valence-corrected chi connectivity index (χ1v) is 14.5. The van der Waals surface area contributed by atoms with Crippen molar-refractivity contribution in [2.24, 2.45) is 0 Å².